The summed E-state index contributed by atoms with van der Waals surface area (Å²) < 4.78 is 14.5. The molecule has 0 aliphatic rings. The third-order valence-corrected chi connectivity index (χ3v) is 4.37. The molecule has 0 spiro atoms. The number of rotatable bonds is 2. The number of ketones is 1. The lowest BCUT2D eigenvalue weighted by Gasteiger charge is -2.06. The molecule has 0 amide bonds. The molecule has 0 atom stereocenters. The van der Waals surface area contributed by atoms with E-state index in [1.165, 1.54) is 6.07 Å². The summed E-state index contributed by atoms with van der Waals surface area (Å²) in [4.78, 5) is 16.7. The van der Waals surface area contributed by atoms with Crippen molar-refractivity contribution in [2.24, 2.45) is 0 Å². The van der Waals surface area contributed by atoms with E-state index in [-0.39, 0.29) is 16.3 Å². The Morgan fingerprint density at radius 1 is 1.10 bits per heavy atom. The van der Waals surface area contributed by atoms with Crippen molar-refractivity contribution in [3.63, 3.8) is 0 Å². The summed E-state index contributed by atoms with van der Waals surface area (Å²) in [5, 5.41) is 0.810. The number of pyridine rings is 1. The second-order valence-corrected chi connectivity index (χ2v) is 5.67. The van der Waals surface area contributed by atoms with Crippen LogP contribution >= 0.6 is 27.5 Å². The number of hydrogen-bond acceptors (Lipinski definition) is 2. The van der Waals surface area contributed by atoms with E-state index in [0.717, 1.165) is 5.39 Å². The molecule has 0 saturated heterocycles. The highest BCUT2D eigenvalue weighted by Gasteiger charge is 2.19. The van der Waals surface area contributed by atoms with Gasteiger partial charge < -0.3 is 0 Å². The molecule has 0 N–H and O–H groups in total. The SMILES string of the molecule is O=C(c1ccc2ccccc2n1)c1ccc(Br)c(Cl)c1F. The highest BCUT2D eigenvalue weighted by molar-refractivity contribution is 9.10. The minimum atomic E-state index is -0.744. The lowest BCUT2D eigenvalue weighted by molar-refractivity contribution is 0.103. The van der Waals surface area contributed by atoms with Gasteiger partial charge in [-0.25, -0.2) is 9.37 Å². The molecule has 5 heteroatoms. The first-order valence-corrected chi connectivity index (χ1v) is 7.29. The zero-order valence-electron chi connectivity index (χ0n) is 10.6. The molecule has 0 aliphatic heterocycles. The van der Waals surface area contributed by atoms with Crippen molar-refractivity contribution in [2.75, 3.05) is 0 Å². The molecular formula is C16H8BrClFNO. The van der Waals surface area contributed by atoms with E-state index >= 15 is 0 Å². The van der Waals surface area contributed by atoms with E-state index in [0.29, 0.717) is 9.99 Å². The van der Waals surface area contributed by atoms with E-state index < -0.39 is 11.6 Å². The molecule has 0 saturated carbocycles. The lowest BCUT2D eigenvalue weighted by atomic mass is 10.1. The Hall–Kier alpha value is -1.78. The van der Waals surface area contributed by atoms with E-state index in [1.807, 2.05) is 18.2 Å². The largest absolute Gasteiger partial charge is 0.287 e. The van der Waals surface area contributed by atoms with Gasteiger partial charge >= 0.3 is 0 Å². The van der Waals surface area contributed by atoms with Crippen LogP contribution in [0.25, 0.3) is 10.9 Å². The molecule has 0 radical (unpaired) electrons. The van der Waals surface area contributed by atoms with Gasteiger partial charge in [0.1, 0.15) is 5.69 Å². The van der Waals surface area contributed by atoms with Crippen LogP contribution < -0.4 is 0 Å². The predicted octanol–water partition coefficient (Wildman–Crippen LogP) is 5.02. The molecule has 2 aromatic carbocycles. The number of benzene rings is 2. The van der Waals surface area contributed by atoms with Crippen LogP contribution in [-0.2, 0) is 0 Å². The fraction of sp³-hybridized carbons (Fsp3) is 0. The Bertz CT molecular complexity index is 866. The van der Waals surface area contributed by atoms with Crippen LogP contribution in [0.3, 0.4) is 0 Å². The highest BCUT2D eigenvalue weighted by atomic mass is 79.9. The van der Waals surface area contributed by atoms with Gasteiger partial charge in [-0.1, -0.05) is 35.9 Å². The molecule has 3 aromatic rings. The average Bonchev–Trinajstić information content (AvgIpc) is 2.52. The molecule has 21 heavy (non-hydrogen) atoms. The summed E-state index contributed by atoms with van der Waals surface area (Å²) in [5.74, 6) is -1.24. The topological polar surface area (TPSA) is 30.0 Å². The maximum Gasteiger partial charge on any atom is 0.214 e. The van der Waals surface area contributed by atoms with E-state index in [1.54, 1.807) is 24.3 Å². The number of carbonyl (C=O) groups excluding carboxylic acids is 1. The zero-order chi connectivity index (χ0) is 15.0. The van der Waals surface area contributed by atoms with Gasteiger partial charge in [0.2, 0.25) is 5.78 Å². The maximum absolute atomic E-state index is 14.1. The number of hydrogen-bond donors (Lipinski definition) is 0. The predicted molar refractivity (Wildman–Crippen MR) is 84.3 cm³/mol. The van der Waals surface area contributed by atoms with Crippen molar-refractivity contribution < 1.29 is 9.18 Å². The Kier molecular flexibility index (Phi) is 3.74. The van der Waals surface area contributed by atoms with E-state index in [4.69, 9.17) is 11.6 Å². The normalized spacial score (nSPS) is 10.8. The smallest absolute Gasteiger partial charge is 0.214 e. The van der Waals surface area contributed by atoms with Gasteiger partial charge in [-0.3, -0.25) is 4.79 Å². The van der Waals surface area contributed by atoms with Gasteiger partial charge in [-0.05, 0) is 40.2 Å². The Morgan fingerprint density at radius 3 is 2.67 bits per heavy atom. The third kappa shape index (κ3) is 2.57. The van der Waals surface area contributed by atoms with E-state index in [2.05, 4.69) is 20.9 Å². The van der Waals surface area contributed by atoms with Crippen molar-refractivity contribution in [1.82, 2.24) is 4.98 Å². The van der Waals surface area contributed by atoms with Crippen molar-refractivity contribution in [3.05, 3.63) is 75.1 Å². The van der Waals surface area contributed by atoms with E-state index in [9.17, 15) is 9.18 Å². The minimum Gasteiger partial charge on any atom is -0.287 e. The molecule has 1 heterocycles. The molecule has 1 aromatic heterocycles. The van der Waals surface area contributed by atoms with Crippen LogP contribution in [-0.4, -0.2) is 10.8 Å². The summed E-state index contributed by atoms with van der Waals surface area (Å²) in [7, 11) is 0. The number of nitrogens with zero attached hydrogens (tertiary/aromatic N) is 1. The molecule has 0 fully saturated rings. The summed E-state index contributed by atoms with van der Waals surface area (Å²) in [6.07, 6.45) is 0. The van der Waals surface area contributed by atoms with Crippen LogP contribution in [0.2, 0.25) is 5.02 Å². The molecule has 0 bridgehead atoms. The van der Waals surface area contributed by atoms with Crippen LogP contribution in [0.5, 0.6) is 0 Å². The van der Waals surface area contributed by atoms with Crippen molar-refractivity contribution in [3.8, 4) is 0 Å². The molecule has 2 nitrogen and oxygen atoms in total. The number of carbonyl (C=O) groups is 1. The highest BCUT2D eigenvalue weighted by Crippen LogP contribution is 2.28. The third-order valence-electron chi connectivity index (χ3n) is 3.11. The van der Waals surface area contributed by atoms with Crippen molar-refractivity contribution >= 4 is 44.2 Å². The Morgan fingerprint density at radius 2 is 1.86 bits per heavy atom. The molecule has 0 aliphatic carbocycles. The monoisotopic (exact) mass is 363 g/mol. The molecule has 3 rings (SSSR count). The molecule has 104 valence electrons. The summed E-state index contributed by atoms with van der Waals surface area (Å²) in [6.45, 7) is 0. The second kappa shape index (κ2) is 5.54. The van der Waals surface area contributed by atoms with Gasteiger partial charge in [-0.15, -0.1) is 0 Å². The number of halogens is 3. The lowest BCUT2D eigenvalue weighted by Crippen LogP contribution is -2.07. The first-order valence-electron chi connectivity index (χ1n) is 6.12. The minimum absolute atomic E-state index is 0.0917. The van der Waals surface area contributed by atoms with Gasteiger partial charge in [0.15, 0.2) is 5.82 Å². The van der Waals surface area contributed by atoms with Crippen LogP contribution in [0.4, 0.5) is 4.39 Å². The summed E-state index contributed by atoms with van der Waals surface area (Å²) in [6, 6.07) is 13.7. The average molecular weight is 365 g/mol. The first-order chi connectivity index (χ1) is 10.1. The molecular weight excluding hydrogens is 357 g/mol. The van der Waals surface area contributed by atoms with Gasteiger partial charge in [-0.2, -0.15) is 0 Å². The fourth-order valence-electron chi connectivity index (χ4n) is 2.03. The number of aromatic nitrogens is 1. The molecule has 0 unspecified atom stereocenters. The zero-order valence-corrected chi connectivity index (χ0v) is 13.0. The van der Waals surface area contributed by atoms with Crippen molar-refractivity contribution in [1.29, 1.82) is 0 Å². The van der Waals surface area contributed by atoms with Gasteiger partial charge in [0, 0.05) is 9.86 Å². The fourth-order valence-corrected chi connectivity index (χ4v) is 2.50. The standard InChI is InChI=1S/C16H8BrClFNO/c17-11-7-6-10(15(19)14(11)18)16(21)13-8-5-9-3-1-2-4-12(9)20-13/h1-8H. The van der Waals surface area contributed by atoms with Crippen LogP contribution in [0.15, 0.2) is 53.0 Å². The van der Waals surface area contributed by atoms with Crippen molar-refractivity contribution in [2.45, 2.75) is 0 Å². The van der Waals surface area contributed by atoms with Crippen LogP contribution in [0.1, 0.15) is 16.1 Å². The summed E-state index contributed by atoms with van der Waals surface area (Å²) >= 11 is 8.93. The second-order valence-electron chi connectivity index (χ2n) is 4.44. The van der Waals surface area contributed by atoms with Crippen LogP contribution in [0, 0.1) is 5.82 Å². The Labute approximate surface area is 133 Å². The maximum atomic E-state index is 14.1. The van der Waals surface area contributed by atoms with Gasteiger partial charge in [0.05, 0.1) is 16.1 Å². The number of fused-ring (bicyclic) bond motifs is 1. The van der Waals surface area contributed by atoms with Gasteiger partial charge in [0.25, 0.3) is 0 Å². The number of para-hydroxylation sites is 1. The quantitative estimate of drug-likeness (QED) is 0.472. The Balaban J connectivity index is 2.10. The first kappa shape index (κ1) is 14.2. The summed E-state index contributed by atoms with van der Waals surface area (Å²) in [5.41, 5.74) is 0.781.